The highest BCUT2D eigenvalue weighted by Crippen LogP contribution is 2.12. The van der Waals surface area contributed by atoms with Gasteiger partial charge in [0.15, 0.2) is 0 Å². The Kier molecular flexibility index (Phi) is 13.4. The molecule has 194 valence electrons. The molecule has 9 N–H and O–H groups in total. The number of primary amides is 1. The van der Waals surface area contributed by atoms with E-state index in [1.165, 1.54) is 0 Å². The second-order valence-electron chi connectivity index (χ2n) is 8.67. The van der Waals surface area contributed by atoms with Crippen molar-refractivity contribution in [3.8, 4) is 0 Å². The molecule has 4 amide bonds. The van der Waals surface area contributed by atoms with Gasteiger partial charge in [0.25, 0.3) is 0 Å². The highest BCUT2D eigenvalue weighted by atomic mass is 16.4. The maximum absolute atomic E-state index is 13.0. The van der Waals surface area contributed by atoms with Gasteiger partial charge in [-0.25, -0.2) is 4.79 Å². The number of aliphatic carboxylic acids is 2. The Morgan fingerprint density at radius 1 is 0.853 bits per heavy atom. The minimum Gasteiger partial charge on any atom is -0.481 e. The molecular formula is C21H37N5O8. The number of hydrogen-bond acceptors (Lipinski definition) is 7. The second kappa shape index (κ2) is 14.8. The number of carboxylic acids is 2. The molecule has 0 aromatic carbocycles. The lowest BCUT2D eigenvalue weighted by atomic mass is 9.96. The Morgan fingerprint density at radius 3 is 1.85 bits per heavy atom. The fourth-order valence-corrected chi connectivity index (χ4v) is 3.03. The topological polar surface area (TPSA) is 231 Å². The molecule has 5 unspecified atom stereocenters. The SMILES string of the molecule is CCC(C)C(NC(=O)C(N)CC(N)=O)C(=O)NC(CC(C)C)C(=O)NC(CCC(=O)O)C(=O)O. The van der Waals surface area contributed by atoms with Gasteiger partial charge in [-0.1, -0.05) is 34.1 Å². The van der Waals surface area contributed by atoms with Crippen molar-refractivity contribution >= 4 is 35.6 Å². The molecule has 5 atom stereocenters. The van der Waals surface area contributed by atoms with Crippen LogP contribution in [0.4, 0.5) is 0 Å². The summed E-state index contributed by atoms with van der Waals surface area (Å²) in [6.45, 7) is 7.08. The van der Waals surface area contributed by atoms with Crippen LogP contribution in [0.15, 0.2) is 0 Å². The lowest BCUT2D eigenvalue weighted by molar-refractivity contribution is -0.143. The summed E-state index contributed by atoms with van der Waals surface area (Å²) in [5, 5.41) is 25.4. The summed E-state index contributed by atoms with van der Waals surface area (Å²) in [4.78, 5) is 71.4. The van der Waals surface area contributed by atoms with E-state index in [-0.39, 0.29) is 24.7 Å². The maximum Gasteiger partial charge on any atom is 0.326 e. The zero-order valence-electron chi connectivity index (χ0n) is 20.0. The number of hydrogen-bond donors (Lipinski definition) is 7. The summed E-state index contributed by atoms with van der Waals surface area (Å²) in [6, 6.07) is -4.92. The molecule has 0 fully saturated rings. The summed E-state index contributed by atoms with van der Waals surface area (Å²) in [5.74, 6) is -6.08. The van der Waals surface area contributed by atoms with Crippen molar-refractivity contribution in [2.45, 2.75) is 84.0 Å². The Bertz CT molecular complexity index is 757. The van der Waals surface area contributed by atoms with Crippen molar-refractivity contribution in [1.82, 2.24) is 16.0 Å². The van der Waals surface area contributed by atoms with Crippen LogP contribution in [0.5, 0.6) is 0 Å². The largest absolute Gasteiger partial charge is 0.481 e. The van der Waals surface area contributed by atoms with Crippen LogP contribution >= 0.6 is 0 Å². The standard InChI is InChI=1S/C21H37N5O8/c1-5-11(4)17(26-18(30)12(22)9-15(23)27)20(32)25-14(8-10(2)3)19(31)24-13(21(33)34)6-7-16(28)29/h10-14,17H,5-9,22H2,1-4H3,(H2,23,27)(H,24,31)(H,25,32)(H,26,30)(H,28,29)(H,33,34). The molecule has 34 heavy (non-hydrogen) atoms. The first-order valence-electron chi connectivity index (χ1n) is 11.1. The number of carbonyl (C=O) groups is 6. The Hall–Kier alpha value is -3.22. The highest BCUT2D eigenvalue weighted by molar-refractivity contribution is 5.95. The fourth-order valence-electron chi connectivity index (χ4n) is 3.03. The average Bonchev–Trinajstić information content (AvgIpc) is 2.72. The summed E-state index contributed by atoms with van der Waals surface area (Å²) in [7, 11) is 0. The molecule has 0 aliphatic rings. The number of nitrogens with one attached hydrogen (secondary N) is 3. The van der Waals surface area contributed by atoms with Crippen LogP contribution < -0.4 is 27.4 Å². The summed E-state index contributed by atoms with van der Waals surface area (Å²) in [5.41, 5.74) is 10.7. The second-order valence-corrected chi connectivity index (χ2v) is 8.67. The quantitative estimate of drug-likeness (QED) is 0.137. The zero-order valence-corrected chi connectivity index (χ0v) is 20.0. The molecule has 0 bridgehead atoms. The van der Waals surface area contributed by atoms with Gasteiger partial charge in [-0.15, -0.1) is 0 Å². The molecule has 0 spiro atoms. The molecule has 13 heteroatoms. The number of nitrogens with two attached hydrogens (primary N) is 2. The van der Waals surface area contributed by atoms with Gasteiger partial charge < -0.3 is 37.6 Å². The summed E-state index contributed by atoms with van der Waals surface area (Å²) >= 11 is 0. The maximum atomic E-state index is 13.0. The first-order chi connectivity index (χ1) is 15.7. The van der Waals surface area contributed by atoms with E-state index in [1.54, 1.807) is 27.7 Å². The first-order valence-corrected chi connectivity index (χ1v) is 11.1. The molecule has 0 rings (SSSR count). The zero-order chi connectivity index (χ0) is 26.6. The van der Waals surface area contributed by atoms with Crippen molar-refractivity contribution in [2.24, 2.45) is 23.3 Å². The van der Waals surface area contributed by atoms with Crippen molar-refractivity contribution in [3.05, 3.63) is 0 Å². The van der Waals surface area contributed by atoms with Crippen LogP contribution in [0.1, 0.15) is 59.8 Å². The van der Waals surface area contributed by atoms with Gasteiger partial charge in [-0.3, -0.25) is 24.0 Å². The van der Waals surface area contributed by atoms with Gasteiger partial charge in [0.05, 0.1) is 12.5 Å². The van der Waals surface area contributed by atoms with Gasteiger partial charge in [0.1, 0.15) is 18.1 Å². The van der Waals surface area contributed by atoms with Crippen LogP contribution in [-0.4, -0.2) is 69.9 Å². The van der Waals surface area contributed by atoms with E-state index in [1.807, 2.05) is 0 Å². The Balaban J connectivity index is 5.57. The van der Waals surface area contributed by atoms with Gasteiger partial charge in [0, 0.05) is 6.42 Å². The fraction of sp³-hybridized carbons (Fsp3) is 0.714. The van der Waals surface area contributed by atoms with E-state index in [4.69, 9.17) is 16.6 Å². The average molecular weight is 488 g/mol. The molecule has 0 aliphatic carbocycles. The highest BCUT2D eigenvalue weighted by Gasteiger charge is 2.33. The number of amides is 4. The molecule has 0 aromatic rings. The predicted octanol–water partition coefficient (Wildman–Crippen LogP) is -1.31. The number of rotatable bonds is 16. The molecule has 0 aliphatic heterocycles. The van der Waals surface area contributed by atoms with Crippen molar-refractivity contribution in [3.63, 3.8) is 0 Å². The third kappa shape index (κ3) is 11.6. The van der Waals surface area contributed by atoms with E-state index in [2.05, 4.69) is 16.0 Å². The van der Waals surface area contributed by atoms with Crippen LogP contribution in [0.3, 0.4) is 0 Å². The van der Waals surface area contributed by atoms with Crippen LogP contribution in [-0.2, 0) is 28.8 Å². The van der Waals surface area contributed by atoms with E-state index >= 15 is 0 Å². The van der Waals surface area contributed by atoms with Crippen molar-refractivity contribution in [2.75, 3.05) is 0 Å². The van der Waals surface area contributed by atoms with E-state index in [9.17, 15) is 33.9 Å². The van der Waals surface area contributed by atoms with E-state index < -0.39 is 72.6 Å². The summed E-state index contributed by atoms with van der Waals surface area (Å²) < 4.78 is 0. The Labute approximate surface area is 198 Å². The van der Waals surface area contributed by atoms with Gasteiger partial charge in [-0.2, -0.15) is 0 Å². The number of carbonyl (C=O) groups excluding carboxylic acids is 4. The smallest absolute Gasteiger partial charge is 0.326 e. The van der Waals surface area contributed by atoms with Gasteiger partial charge >= 0.3 is 11.9 Å². The molecular weight excluding hydrogens is 450 g/mol. The van der Waals surface area contributed by atoms with E-state index in [0.717, 1.165) is 0 Å². The first kappa shape index (κ1) is 30.8. The minimum absolute atomic E-state index is 0.0704. The van der Waals surface area contributed by atoms with Gasteiger partial charge in [-0.05, 0) is 24.7 Å². The molecule has 0 aromatic heterocycles. The third-order valence-electron chi connectivity index (χ3n) is 5.15. The molecule has 13 nitrogen and oxygen atoms in total. The lowest BCUT2D eigenvalue weighted by Crippen LogP contribution is -2.59. The minimum atomic E-state index is -1.45. The van der Waals surface area contributed by atoms with Crippen LogP contribution in [0, 0.1) is 11.8 Å². The third-order valence-corrected chi connectivity index (χ3v) is 5.15. The predicted molar refractivity (Wildman–Crippen MR) is 121 cm³/mol. The molecule has 0 saturated carbocycles. The van der Waals surface area contributed by atoms with Crippen molar-refractivity contribution in [1.29, 1.82) is 0 Å². The Morgan fingerprint density at radius 2 is 1.41 bits per heavy atom. The molecule has 0 radical (unpaired) electrons. The monoisotopic (exact) mass is 487 g/mol. The van der Waals surface area contributed by atoms with E-state index in [0.29, 0.717) is 6.42 Å². The van der Waals surface area contributed by atoms with Crippen LogP contribution in [0.2, 0.25) is 0 Å². The van der Waals surface area contributed by atoms with Crippen LogP contribution in [0.25, 0.3) is 0 Å². The molecule has 0 heterocycles. The lowest BCUT2D eigenvalue weighted by Gasteiger charge is -2.28. The number of carboxylic acid groups (broad SMARTS) is 2. The van der Waals surface area contributed by atoms with Crippen molar-refractivity contribution < 1.29 is 39.0 Å². The normalized spacial score (nSPS) is 15.4. The summed E-state index contributed by atoms with van der Waals surface area (Å²) in [6.07, 6.45) is -0.563. The molecule has 0 saturated heterocycles. The van der Waals surface area contributed by atoms with Gasteiger partial charge in [0.2, 0.25) is 23.6 Å².